The van der Waals surface area contributed by atoms with Crippen LogP contribution < -0.4 is 4.90 Å². The Hall–Kier alpha value is -2.88. The van der Waals surface area contributed by atoms with Crippen molar-refractivity contribution in [3.63, 3.8) is 0 Å². The molecule has 3 aliphatic heterocycles. The van der Waals surface area contributed by atoms with Crippen LogP contribution >= 0.6 is 27.7 Å². The second-order valence-electron chi connectivity index (χ2n) is 12.4. The number of benzene rings is 2. The lowest BCUT2D eigenvalue weighted by Gasteiger charge is -2.40. The van der Waals surface area contributed by atoms with Crippen molar-refractivity contribution < 1.29 is 19.5 Å². The van der Waals surface area contributed by atoms with E-state index in [9.17, 15) is 19.5 Å². The third-order valence-electron chi connectivity index (χ3n) is 9.12. The van der Waals surface area contributed by atoms with Crippen LogP contribution in [0.15, 0.2) is 86.0 Å². The van der Waals surface area contributed by atoms with Crippen molar-refractivity contribution in [1.82, 2.24) is 9.80 Å². The molecule has 44 heavy (non-hydrogen) atoms. The van der Waals surface area contributed by atoms with E-state index in [2.05, 4.69) is 29.1 Å². The fraction of sp³-hybridized carbons (Fsp3) is 0.457. The number of para-hydroxylation sites is 1. The minimum Gasteiger partial charge on any atom is -0.394 e. The van der Waals surface area contributed by atoms with Crippen LogP contribution in [0.4, 0.5) is 5.69 Å². The molecule has 2 aromatic rings. The Kier molecular flexibility index (Phi) is 10.1. The third-order valence-corrected chi connectivity index (χ3v) is 12.3. The van der Waals surface area contributed by atoms with Crippen LogP contribution in [0, 0.1) is 17.8 Å². The summed E-state index contributed by atoms with van der Waals surface area (Å²) in [5.41, 5.74) is 1.72. The monoisotopic (exact) mass is 679 g/mol. The molecule has 0 aliphatic carbocycles. The molecule has 0 saturated carbocycles. The van der Waals surface area contributed by atoms with Crippen molar-refractivity contribution in [1.29, 1.82) is 0 Å². The molecule has 9 heteroatoms. The highest BCUT2D eigenvalue weighted by atomic mass is 79.9. The quantitative estimate of drug-likeness (QED) is 0.230. The molecule has 5 rings (SSSR count). The molecule has 3 heterocycles. The number of aliphatic hydroxyl groups excluding tert-OH is 1. The molecule has 234 valence electrons. The first kappa shape index (κ1) is 32.5. The van der Waals surface area contributed by atoms with E-state index in [0.717, 1.165) is 11.3 Å². The number of amides is 3. The van der Waals surface area contributed by atoms with Gasteiger partial charge in [-0.2, -0.15) is 0 Å². The van der Waals surface area contributed by atoms with Crippen molar-refractivity contribution in [2.24, 2.45) is 17.8 Å². The van der Waals surface area contributed by atoms with Crippen molar-refractivity contribution in [3.05, 3.63) is 91.5 Å². The highest BCUT2D eigenvalue weighted by Crippen LogP contribution is 2.68. The fourth-order valence-electron chi connectivity index (χ4n) is 7.45. The van der Waals surface area contributed by atoms with Gasteiger partial charge >= 0.3 is 0 Å². The van der Waals surface area contributed by atoms with Gasteiger partial charge in [0.1, 0.15) is 6.04 Å². The lowest BCUT2D eigenvalue weighted by molar-refractivity contribution is -0.146. The van der Waals surface area contributed by atoms with Gasteiger partial charge in [0.2, 0.25) is 17.7 Å². The maximum atomic E-state index is 14.8. The number of aliphatic hydroxyl groups is 1. The molecule has 7 atom stereocenters. The molecule has 7 nitrogen and oxygen atoms in total. The molecular weight excluding hydrogens is 638 g/mol. The second kappa shape index (κ2) is 13.6. The maximum Gasteiger partial charge on any atom is 0.247 e. The van der Waals surface area contributed by atoms with Gasteiger partial charge in [0.05, 0.1) is 29.2 Å². The number of rotatable bonds is 13. The second-order valence-corrected chi connectivity index (χ2v) is 15.2. The number of hydrogen-bond acceptors (Lipinski definition) is 5. The van der Waals surface area contributed by atoms with E-state index >= 15 is 0 Å². The zero-order chi connectivity index (χ0) is 31.6. The molecule has 3 saturated heterocycles. The highest BCUT2D eigenvalue weighted by molar-refractivity contribution is 9.09. The Morgan fingerprint density at radius 1 is 1.07 bits per heavy atom. The van der Waals surface area contributed by atoms with Gasteiger partial charge in [0, 0.05) is 35.4 Å². The van der Waals surface area contributed by atoms with Gasteiger partial charge < -0.3 is 19.8 Å². The normalized spacial score (nSPS) is 27.7. The first-order chi connectivity index (χ1) is 21.2. The molecule has 2 aromatic carbocycles. The average Bonchev–Trinajstić information content (AvgIpc) is 3.62. The zero-order valence-corrected chi connectivity index (χ0v) is 27.8. The molecule has 1 spiro atoms. The number of alkyl halides is 1. The van der Waals surface area contributed by atoms with Crippen LogP contribution in [0.1, 0.15) is 32.3 Å². The van der Waals surface area contributed by atoms with Gasteiger partial charge in [-0.15, -0.1) is 24.9 Å². The predicted molar refractivity (Wildman–Crippen MR) is 180 cm³/mol. The van der Waals surface area contributed by atoms with Crippen LogP contribution in [0.5, 0.6) is 0 Å². The van der Waals surface area contributed by atoms with Gasteiger partial charge in [0.25, 0.3) is 0 Å². The number of anilines is 1. The highest BCUT2D eigenvalue weighted by Gasteiger charge is 2.76. The van der Waals surface area contributed by atoms with E-state index in [-0.39, 0.29) is 40.3 Å². The summed E-state index contributed by atoms with van der Waals surface area (Å²) >= 11 is 5.50. The molecule has 1 N–H and O–H groups in total. The van der Waals surface area contributed by atoms with Gasteiger partial charge in [-0.05, 0) is 36.5 Å². The number of carbonyl (C=O) groups excluding carboxylic acids is 3. The molecule has 3 unspecified atom stereocenters. The maximum absolute atomic E-state index is 14.8. The number of carbonyl (C=O) groups is 3. The molecular formula is C35H42BrN3O4S. The molecule has 3 fully saturated rings. The fourth-order valence-corrected chi connectivity index (χ4v) is 11.0. The lowest BCUT2D eigenvalue weighted by atomic mass is 9.70. The molecule has 2 bridgehead atoms. The molecule has 3 amide bonds. The van der Waals surface area contributed by atoms with Gasteiger partial charge in [-0.25, -0.2) is 0 Å². The summed E-state index contributed by atoms with van der Waals surface area (Å²) < 4.78 is -0.815. The van der Waals surface area contributed by atoms with Crippen LogP contribution in [0.2, 0.25) is 0 Å². The number of likely N-dealkylation sites (tertiary alicyclic amines) is 1. The van der Waals surface area contributed by atoms with Crippen LogP contribution in [-0.2, 0) is 20.9 Å². The smallest absolute Gasteiger partial charge is 0.247 e. The lowest BCUT2D eigenvalue weighted by Crippen LogP contribution is -2.58. The summed E-state index contributed by atoms with van der Waals surface area (Å²) in [4.78, 5) is 49.2. The van der Waals surface area contributed by atoms with E-state index in [0.29, 0.717) is 32.5 Å². The SMILES string of the molecule is C=CCN(Cc1ccccc1)C(=O)C1N([C@@H](CO)CC(C)C)C(=O)[C@@H]2[C@H](C(=O)N(CC=C)c3ccccc3)[C@H]3SC12CC3Br. The average molecular weight is 681 g/mol. The van der Waals surface area contributed by atoms with Crippen LogP contribution in [-0.4, -0.2) is 79.2 Å². The summed E-state index contributed by atoms with van der Waals surface area (Å²) in [6.45, 7) is 12.6. The summed E-state index contributed by atoms with van der Waals surface area (Å²) in [7, 11) is 0. The minimum atomic E-state index is -0.822. The van der Waals surface area contributed by atoms with Gasteiger partial charge in [-0.1, -0.05) is 90.5 Å². The molecule has 0 aromatic heterocycles. The summed E-state index contributed by atoms with van der Waals surface area (Å²) in [6, 6.07) is 17.9. The Balaban J connectivity index is 1.60. The summed E-state index contributed by atoms with van der Waals surface area (Å²) in [6.07, 6.45) is 4.53. The van der Waals surface area contributed by atoms with Gasteiger partial charge in [-0.3, -0.25) is 14.4 Å². The topological polar surface area (TPSA) is 81.2 Å². The Bertz CT molecular complexity index is 1370. The number of halogens is 1. The number of hydrogen-bond donors (Lipinski definition) is 1. The standard InChI is InChI=1S/C35H42BrN3O4S/c1-5-17-37(21-24-13-9-7-10-14-24)34(43)31-35-20-27(36)30(44-35)28(29(35)33(42)39(31)26(22-40)19-23(3)4)32(41)38(18-6-2)25-15-11-8-12-16-25/h5-16,23,26-31,40H,1-2,17-22H2,3-4H3/t26-,27?,28+,29+,30+,31?,35?/m1/s1. The van der Waals surface area contributed by atoms with Crippen LogP contribution in [0.25, 0.3) is 0 Å². The first-order valence-corrected chi connectivity index (χ1v) is 17.1. The van der Waals surface area contributed by atoms with Gasteiger partial charge in [0.15, 0.2) is 0 Å². The number of nitrogens with zero attached hydrogens (tertiary/aromatic N) is 3. The summed E-state index contributed by atoms with van der Waals surface area (Å²) in [5, 5.41) is 10.5. The molecule has 0 radical (unpaired) electrons. The van der Waals surface area contributed by atoms with E-state index < -0.39 is 28.7 Å². The zero-order valence-electron chi connectivity index (χ0n) is 25.4. The number of thioether (sulfide) groups is 1. The van der Waals surface area contributed by atoms with Crippen molar-refractivity contribution in [2.45, 2.75) is 60.1 Å². The predicted octanol–water partition coefficient (Wildman–Crippen LogP) is 5.29. The Morgan fingerprint density at radius 3 is 2.30 bits per heavy atom. The van der Waals surface area contributed by atoms with E-state index in [1.54, 1.807) is 38.6 Å². The first-order valence-electron chi connectivity index (χ1n) is 15.3. The summed E-state index contributed by atoms with van der Waals surface area (Å²) in [5.74, 6) is -1.64. The van der Waals surface area contributed by atoms with E-state index in [1.807, 2.05) is 74.5 Å². The van der Waals surface area contributed by atoms with Crippen LogP contribution in [0.3, 0.4) is 0 Å². The number of fused-ring (bicyclic) bond motifs is 1. The third kappa shape index (κ3) is 5.79. The van der Waals surface area contributed by atoms with E-state index in [1.165, 1.54) is 0 Å². The van der Waals surface area contributed by atoms with Crippen molar-refractivity contribution in [3.8, 4) is 0 Å². The van der Waals surface area contributed by atoms with Crippen molar-refractivity contribution in [2.75, 3.05) is 24.6 Å². The van der Waals surface area contributed by atoms with E-state index in [4.69, 9.17) is 0 Å². The largest absolute Gasteiger partial charge is 0.394 e. The Morgan fingerprint density at radius 2 is 1.70 bits per heavy atom. The Labute approximate surface area is 273 Å². The molecule has 3 aliphatic rings. The van der Waals surface area contributed by atoms with Crippen molar-refractivity contribution >= 4 is 51.1 Å². The minimum absolute atomic E-state index is 0.0539.